The van der Waals surface area contributed by atoms with Crippen molar-refractivity contribution in [1.82, 2.24) is 4.98 Å². The van der Waals surface area contributed by atoms with Crippen LogP contribution in [-0.2, 0) is 0 Å². The van der Waals surface area contributed by atoms with E-state index in [0.717, 1.165) is 0 Å². The Kier molecular flexibility index (Phi) is 4.42. The molecule has 0 atom stereocenters. The number of benzene rings is 1. The molecule has 2 aromatic rings. The number of hydrazone groups is 1. The highest BCUT2D eigenvalue weighted by Crippen LogP contribution is 2.22. The Bertz CT molecular complexity index is 564. The second-order valence-electron chi connectivity index (χ2n) is 3.35. The number of aromatic nitrogens is 1. The molecule has 3 nitrogen and oxygen atoms in total. The second-order valence-corrected chi connectivity index (χ2v) is 4.55. The predicted octanol–water partition coefficient (Wildman–Crippen LogP) is 4.49. The van der Waals surface area contributed by atoms with Crippen LogP contribution in [0.15, 0.2) is 41.5 Å². The van der Waals surface area contributed by atoms with E-state index in [4.69, 9.17) is 34.8 Å². The van der Waals surface area contributed by atoms with Gasteiger partial charge < -0.3 is 0 Å². The van der Waals surface area contributed by atoms with Crippen molar-refractivity contribution in [2.24, 2.45) is 5.10 Å². The van der Waals surface area contributed by atoms with Crippen LogP contribution < -0.4 is 5.43 Å². The first kappa shape index (κ1) is 13.1. The molecule has 0 aliphatic heterocycles. The van der Waals surface area contributed by atoms with Gasteiger partial charge in [0.2, 0.25) is 0 Å². The minimum Gasteiger partial charge on any atom is -0.261 e. The molecule has 1 aromatic carbocycles. The first-order chi connectivity index (χ1) is 8.66. The van der Waals surface area contributed by atoms with Crippen LogP contribution in [0.3, 0.4) is 0 Å². The molecule has 0 saturated heterocycles. The molecule has 0 aliphatic carbocycles. The van der Waals surface area contributed by atoms with Crippen LogP contribution in [-0.4, -0.2) is 11.2 Å². The summed E-state index contributed by atoms with van der Waals surface area (Å²) in [5.74, 6) is 0.543. The smallest absolute Gasteiger partial charge is 0.147 e. The summed E-state index contributed by atoms with van der Waals surface area (Å²) >= 11 is 17.7. The van der Waals surface area contributed by atoms with Crippen LogP contribution in [0.4, 0.5) is 5.82 Å². The van der Waals surface area contributed by atoms with Gasteiger partial charge in [-0.05, 0) is 24.3 Å². The van der Waals surface area contributed by atoms with E-state index in [2.05, 4.69) is 15.5 Å². The van der Waals surface area contributed by atoms with Crippen molar-refractivity contribution in [1.29, 1.82) is 0 Å². The fourth-order valence-electron chi connectivity index (χ4n) is 1.27. The van der Waals surface area contributed by atoms with Crippen LogP contribution >= 0.6 is 34.8 Å². The lowest BCUT2D eigenvalue weighted by atomic mass is 10.2. The highest BCUT2D eigenvalue weighted by atomic mass is 35.5. The minimum atomic E-state index is 0.394. The van der Waals surface area contributed by atoms with Crippen molar-refractivity contribution in [2.45, 2.75) is 0 Å². The summed E-state index contributed by atoms with van der Waals surface area (Å²) in [6.07, 6.45) is 1.53. The molecule has 18 heavy (non-hydrogen) atoms. The van der Waals surface area contributed by atoms with Gasteiger partial charge in [0.05, 0.1) is 16.3 Å². The highest BCUT2D eigenvalue weighted by molar-refractivity contribution is 6.38. The van der Waals surface area contributed by atoms with Crippen LogP contribution in [0.5, 0.6) is 0 Å². The molecule has 0 bridgehead atoms. The number of halogens is 3. The number of hydrogen-bond donors (Lipinski definition) is 1. The number of pyridine rings is 1. The van der Waals surface area contributed by atoms with E-state index in [-0.39, 0.29) is 0 Å². The molecule has 92 valence electrons. The molecular formula is C12H8Cl3N3. The van der Waals surface area contributed by atoms with Gasteiger partial charge >= 0.3 is 0 Å². The van der Waals surface area contributed by atoms with Crippen LogP contribution in [0, 0.1) is 0 Å². The maximum atomic E-state index is 6.00. The molecule has 0 fully saturated rings. The van der Waals surface area contributed by atoms with Gasteiger partial charge in [-0.25, -0.2) is 4.98 Å². The summed E-state index contributed by atoms with van der Waals surface area (Å²) in [7, 11) is 0. The summed E-state index contributed by atoms with van der Waals surface area (Å²) < 4.78 is 0. The van der Waals surface area contributed by atoms with Gasteiger partial charge in [0, 0.05) is 5.56 Å². The Morgan fingerprint density at radius 1 is 1.00 bits per heavy atom. The summed E-state index contributed by atoms with van der Waals surface area (Å²) in [6, 6.07) is 10.5. The molecule has 0 spiro atoms. The summed E-state index contributed by atoms with van der Waals surface area (Å²) in [6.45, 7) is 0. The average molecular weight is 301 g/mol. The fraction of sp³-hybridized carbons (Fsp3) is 0. The van der Waals surface area contributed by atoms with Gasteiger partial charge in [-0.3, -0.25) is 5.43 Å². The van der Waals surface area contributed by atoms with E-state index in [0.29, 0.717) is 26.6 Å². The summed E-state index contributed by atoms with van der Waals surface area (Å²) in [4.78, 5) is 4.02. The quantitative estimate of drug-likeness (QED) is 0.515. The third-order valence-corrected chi connectivity index (χ3v) is 2.96. The standard InChI is InChI=1S/C12H8Cl3N3/c13-9-3-1-4-10(14)8(9)7-16-18-12-6-2-5-11(15)17-12/h1-7H,(H,17,18). The van der Waals surface area contributed by atoms with Gasteiger partial charge in [0.15, 0.2) is 0 Å². The Balaban J connectivity index is 2.12. The SMILES string of the molecule is Clc1cccc(NN=Cc2c(Cl)cccc2Cl)n1. The molecule has 0 aliphatic rings. The maximum Gasteiger partial charge on any atom is 0.147 e. The van der Waals surface area contributed by atoms with E-state index in [9.17, 15) is 0 Å². The van der Waals surface area contributed by atoms with Gasteiger partial charge in [-0.1, -0.05) is 46.9 Å². The molecule has 2 rings (SSSR count). The zero-order chi connectivity index (χ0) is 13.0. The van der Waals surface area contributed by atoms with E-state index in [1.54, 1.807) is 36.4 Å². The third-order valence-electron chi connectivity index (χ3n) is 2.09. The largest absolute Gasteiger partial charge is 0.261 e. The summed E-state index contributed by atoms with van der Waals surface area (Å²) in [5.41, 5.74) is 3.39. The van der Waals surface area contributed by atoms with Crippen LogP contribution in [0.25, 0.3) is 0 Å². The molecule has 0 amide bonds. The minimum absolute atomic E-state index is 0.394. The lowest BCUT2D eigenvalue weighted by molar-refractivity contribution is 1.23. The molecule has 1 aromatic heterocycles. The van der Waals surface area contributed by atoms with E-state index >= 15 is 0 Å². The Hall–Kier alpha value is -1.29. The lowest BCUT2D eigenvalue weighted by Crippen LogP contribution is -1.94. The van der Waals surface area contributed by atoms with Crippen molar-refractivity contribution in [2.75, 3.05) is 5.43 Å². The van der Waals surface area contributed by atoms with E-state index in [1.807, 2.05) is 0 Å². The third kappa shape index (κ3) is 3.35. The van der Waals surface area contributed by atoms with E-state index in [1.165, 1.54) is 6.21 Å². The van der Waals surface area contributed by atoms with Crippen molar-refractivity contribution >= 4 is 46.8 Å². The van der Waals surface area contributed by atoms with Gasteiger partial charge in [-0.2, -0.15) is 5.10 Å². The van der Waals surface area contributed by atoms with Crippen molar-refractivity contribution in [3.63, 3.8) is 0 Å². The van der Waals surface area contributed by atoms with Crippen molar-refractivity contribution in [3.8, 4) is 0 Å². The molecule has 0 unspecified atom stereocenters. The van der Waals surface area contributed by atoms with E-state index < -0.39 is 0 Å². The second kappa shape index (κ2) is 6.05. The molecule has 0 saturated carbocycles. The Morgan fingerprint density at radius 3 is 2.33 bits per heavy atom. The zero-order valence-corrected chi connectivity index (χ0v) is 11.3. The number of nitrogens with zero attached hydrogens (tertiary/aromatic N) is 2. The molecular weight excluding hydrogens is 293 g/mol. The predicted molar refractivity (Wildman–Crippen MR) is 76.9 cm³/mol. The number of hydrogen-bond acceptors (Lipinski definition) is 3. The van der Waals surface area contributed by atoms with Gasteiger partial charge in [-0.15, -0.1) is 0 Å². The number of rotatable bonds is 3. The Labute approximate surface area is 119 Å². The normalized spacial score (nSPS) is 10.8. The first-order valence-electron chi connectivity index (χ1n) is 5.02. The van der Waals surface area contributed by atoms with Crippen molar-refractivity contribution < 1.29 is 0 Å². The topological polar surface area (TPSA) is 37.3 Å². The molecule has 6 heteroatoms. The lowest BCUT2D eigenvalue weighted by Gasteiger charge is -2.01. The van der Waals surface area contributed by atoms with Crippen molar-refractivity contribution in [3.05, 3.63) is 57.2 Å². The maximum absolute atomic E-state index is 6.00. The van der Waals surface area contributed by atoms with Gasteiger partial charge in [0.25, 0.3) is 0 Å². The average Bonchev–Trinajstić information content (AvgIpc) is 2.33. The first-order valence-corrected chi connectivity index (χ1v) is 6.16. The number of nitrogens with one attached hydrogen (secondary N) is 1. The highest BCUT2D eigenvalue weighted by Gasteiger charge is 2.01. The van der Waals surface area contributed by atoms with Gasteiger partial charge in [0.1, 0.15) is 11.0 Å². The number of anilines is 1. The van der Waals surface area contributed by atoms with Crippen LogP contribution in [0.2, 0.25) is 15.2 Å². The molecule has 1 heterocycles. The van der Waals surface area contributed by atoms with Crippen LogP contribution in [0.1, 0.15) is 5.56 Å². The fourth-order valence-corrected chi connectivity index (χ4v) is 1.93. The molecule has 1 N–H and O–H groups in total. The summed E-state index contributed by atoms with van der Waals surface area (Å²) in [5, 5.41) is 5.47. The Morgan fingerprint density at radius 2 is 1.67 bits per heavy atom. The zero-order valence-electron chi connectivity index (χ0n) is 9.07. The monoisotopic (exact) mass is 299 g/mol. The molecule has 0 radical (unpaired) electrons.